The number of halogens is 2. The minimum absolute atomic E-state index is 0.785. The lowest BCUT2D eigenvalue weighted by molar-refractivity contribution is 0.397. The molecule has 0 aliphatic heterocycles. The Morgan fingerprint density at radius 2 is 2.11 bits per heavy atom. The van der Waals surface area contributed by atoms with Crippen molar-refractivity contribution < 1.29 is 0 Å². The van der Waals surface area contributed by atoms with E-state index >= 15 is 0 Å². The molecule has 4 heteroatoms. The summed E-state index contributed by atoms with van der Waals surface area (Å²) in [5.41, 5.74) is 1.59. The van der Waals surface area contributed by atoms with Gasteiger partial charge in [0.2, 0.25) is 0 Å². The number of thiophene rings is 1. The minimum atomic E-state index is 0.785. The lowest BCUT2D eigenvalue weighted by Gasteiger charge is -2.24. The smallest absolute Gasteiger partial charge is 0.0846 e. The summed E-state index contributed by atoms with van der Waals surface area (Å²) in [5, 5.41) is 3.50. The van der Waals surface area contributed by atoms with Crippen molar-refractivity contribution in [3.8, 4) is 0 Å². The van der Waals surface area contributed by atoms with Crippen molar-refractivity contribution in [2.24, 2.45) is 5.92 Å². The molecule has 106 valence electrons. The number of nitrogens with one attached hydrogen (secondary N) is 1. The first-order chi connectivity index (χ1) is 9.20. The number of hydrogen-bond acceptors (Lipinski definition) is 2. The van der Waals surface area contributed by atoms with Crippen LogP contribution in [0.3, 0.4) is 0 Å². The highest BCUT2D eigenvalue weighted by molar-refractivity contribution is 9.13. The van der Waals surface area contributed by atoms with Crippen LogP contribution in [0.4, 0.5) is 0 Å². The second kappa shape index (κ2) is 7.96. The van der Waals surface area contributed by atoms with Crippen LogP contribution in [0.2, 0.25) is 0 Å². The zero-order chi connectivity index (χ0) is 13.7. The fraction of sp³-hybridized carbons (Fsp3) is 0.600. The van der Waals surface area contributed by atoms with Crippen molar-refractivity contribution in [3.63, 3.8) is 0 Å². The van der Waals surface area contributed by atoms with Crippen LogP contribution >= 0.6 is 43.2 Å². The second-order valence-corrected chi connectivity index (χ2v) is 8.36. The van der Waals surface area contributed by atoms with E-state index in [0.717, 1.165) is 23.5 Å². The summed E-state index contributed by atoms with van der Waals surface area (Å²) < 4.78 is 2.35. The zero-order valence-corrected chi connectivity index (χ0v) is 15.3. The van der Waals surface area contributed by atoms with Crippen LogP contribution in [0.15, 0.2) is 19.9 Å². The van der Waals surface area contributed by atoms with E-state index in [0.29, 0.717) is 0 Å². The summed E-state index contributed by atoms with van der Waals surface area (Å²) in [5.74, 6) is 0.785. The molecular formula is C15H21Br2NS. The highest BCUT2D eigenvalue weighted by Crippen LogP contribution is 2.36. The summed E-state index contributed by atoms with van der Waals surface area (Å²) >= 11 is 8.96. The van der Waals surface area contributed by atoms with Crippen LogP contribution in [-0.4, -0.2) is 13.1 Å². The predicted octanol–water partition coefficient (Wildman–Crippen LogP) is 5.85. The summed E-state index contributed by atoms with van der Waals surface area (Å²) in [4.78, 5) is 1.34. The molecule has 0 saturated heterocycles. The number of likely N-dealkylation sites (N-methyl/N-ethyl adjacent to an activating group) is 1. The van der Waals surface area contributed by atoms with Crippen molar-refractivity contribution in [1.82, 2.24) is 5.32 Å². The van der Waals surface area contributed by atoms with Crippen molar-refractivity contribution in [2.75, 3.05) is 13.1 Å². The maximum absolute atomic E-state index is 3.58. The van der Waals surface area contributed by atoms with E-state index in [1.807, 2.05) is 0 Å². The highest BCUT2D eigenvalue weighted by Gasteiger charge is 2.18. The molecule has 1 saturated carbocycles. The Morgan fingerprint density at radius 3 is 2.68 bits per heavy atom. The summed E-state index contributed by atoms with van der Waals surface area (Å²) in [7, 11) is 0. The van der Waals surface area contributed by atoms with E-state index in [9.17, 15) is 0 Å². The topological polar surface area (TPSA) is 12.0 Å². The molecule has 0 bridgehead atoms. The third kappa shape index (κ3) is 4.69. The van der Waals surface area contributed by atoms with E-state index in [4.69, 9.17) is 0 Å². The summed E-state index contributed by atoms with van der Waals surface area (Å²) in [6.45, 7) is 4.26. The van der Waals surface area contributed by atoms with Gasteiger partial charge in [-0.05, 0) is 69.3 Å². The van der Waals surface area contributed by atoms with Gasteiger partial charge in [-0.2, -0.15) is 0 Å². The van der Waals surface area contributed by atoms with Crippen molar-refractivity contribution in [2.45, 2.75) is 39.0 Å². The molecule has 1 aliphatic rings. The Kier molecular flexibility index (Phi) is 6.60. The normalized spacial score (nSPS) is 17.9. The average molecular weight is 407 g/mol. The first-order valence-electron chi connectivity index (χ1n) is 7.06. The van der Waals surface area contributed by atoms with Gasteiger partial charge in [0, 0.05) is 15.9 Å². The number of hydrogen-bond donors (Lipinski definition) is 1. The lowest BCUT2D eigenvalue weighted by Crippen LogP contribution is -2.21. The molecule has 0 aromatic carbocycles. The highest BCUT2D eigenvalue weighted by atomic mass is 79.9. The molecule has 2 rings (SSSR count). The molecule has 19 heavy (non-hydrogen) atoms. The average Bonchev–Trinajstić information content (AvgIpc) is 2.74. The van der Waals surface area contributed by atoms with Crippen LogP contribution < -0.4 is 5.32 Å². The molecular weight excluding hydrogens is 386 g/mol. The van der Waals surface area contributed by atoms with E-state index in [2.05, 4.69) is 56.2 Å². The standard InChI is InChI=1S/C15H21Br2NS/c1-2-18-10-12(11-6-4-3-5-7-11)8-13-9-14(16)15(17)19-13/h8-9,11,18H,2-7,10H2,1H3. The molecule has 1 fully saturated rings. The Labute approximate surface area is 137 Å². The Hall–Kier alpha value is 0.360. The lowest BCUT2D eigenvalue weighted by atomic mass is 9.83. The van der Waals surface area contributed by atoms with Gasteiger partial charge in [0.1, 0.15) is 0 Å². The molecule has 0 amide bonds. The van der Waals surface area contributed by atoms with Crippen LogP contribution in [0.1, 0.15) is 43.9 Å². The van der Waals surface area contributed by atoms with Gasteiger partial charge in [0.15, 0.2) is 0 Å². The van der Waals surface area contributed by atoms with Crippen LogP contribution in [0.5, 0.6) is 0 Å². The second-order valence-electron chi connectivity index (χ2n) is 5.10. The largest absolute Gasteiger partial charge is 0.313 e. The number of rotatable bonds is 5. The Bertz CT molecular complexity index is 414. The first kappa shape index (κ1) is 15.7. The van der Waals surface area contributed by atoms with Gasteiger partial charge in [0.25, 0.3) is 0 Å². The van der Waals surface area contributed by atoms with Crippen LogP contribution in [-0.2, 0) is 0 Å². The molecule has 0 atom stereocenters. The van der Waals surface area contributed by atoms with Gasteiger partial charge < -0.3 is 5.32 Å². The molecule has 1 nitrogen and oxygen atoms in total. The first-order valence-corrected chi connectivity index (χ1v) is 9.47. The van der Waals surface area contributed by atoms with Gasteiger partial charge in [-0.1, -0.05) is 31.8 Å². The third-order valence-electron chi connectivity index (χ3n) is 3.70. The maximum Gasteiger partial charge on any atom is 0.0846 e. The maximum atomic E-state index is 3.58. The van der Waals surface area contributed by atoms with Gasteiger partial charge in [-0.15, -0.1) is 11.3 Å². The van der Waals surface area contributed by atoms with Gasteiger partial charge in [0.05, 0.1) is 3.79 Å². The van der Waals surface area contributed by atoms with Gasteiger partial charge in [-0.25, -0.2) is 0 Å². The van der Waals surface area contributed by atoms with Gasteiger partial charge >= 0.3 is 0 Å². The van der Waals surface area contributed by atoms with Crippen LogP contribution in [0, 0.1) is 5.92 Å². The molecule has 1 aliphatic carbocycles. The zero-order valence-electron chi connectivity index (χ0n) is 11.3. The minimum Gasteiger partial charge on any atom is -0.313 e. The summed E-state index contributed by atoms with van der Waals surface area (Å²) in [6, 6.07) is 2.21. The fourth-order valence-electron chi connectivity index (χ4n) is 2.67. The van der Waals surface area contributed by atoms with Crippen LogP contribution in [0.25, 0.3) is 6.08 Å². The SMILES string of the molecule is CCNCC(=Cc1cc(Br)c(Br)s1)C1CCCCC1. The Balaban J connectivity index is 2.15. The fourth-order valence-corrected chi connectivity index (χ4v) is 4.74. The molecule has 0 unspecified atom stereocenters. The molecule has 1 heterocycles. The third-order valence-corrected chi connectivity index (χ3v) is 6.90. The summed E-state index contributed by atoms with van der Waals surface area (Å²) in [6.07, 6.45) is 9.34. The van der Waals surface area contributed by atoms with Gasteiger partial charge in [-0.3, -0.25) is 0 Å². The van der Waals surface area contributed by atoms with E-state index < -0.39 is 0 Å². The van der Waals surface area contributed by atoms with Crippen molar-refractivity contribution in [1.29, 1.82) is 0 Å². The molecule has 0 spiro atoms. The Morgan fingerprint density at radius 1 is 1.37 bits per heavy atom. The monoisotopic (exact) mass is 405 g/mol. The molecule has 1 N–H and O–H groups in total. The predicted molar refractivity (Wildman–Crippen MR) is 92.8 cm³/mol. The van der Waals surface area contributed by atoms with E-state index in [1.54, 1.807) is 16.9 Å². The van der Waals surface area contributed by atoms with Crippen molar-refractivity contribution in [3.05, 3.63) is 24.8 Å². The molecule has 1 aromatic heterocycles. The van der Waals surface area contributed by atoms with E-state index in [1.165, 1.54) is 40.8 Å². The quantitative estimate of drug-likeness (QED) is 0.646. The molecule has 0 radical (unpaired) electrons. The van der Waals surface area contributed by atoms with E-state index in [-0.39, 0.29) is 0 Å². The van der Waals surface area contributed by atoms with Crippen molar-refractivity contribution >= 4 is 49.3 Å². The molecule has 1 aromatic rings.